The van der Waals surface area contributed by atoms with E-state index in [1.807, 2.05) is 6.07 Å². The van der Waals surface area contributed by atoms with Crippen LogP contribution in [0, 0.1) is 0 Å². The van der Waals surface area contributed by atoms with Gasteiger partial charge in [0, 0.05) is 0 Å². The van der Waals surface area contributed by atoms with Gasteiger partial charge in [0.05, 0.1) is 41.9 Å². The van der Waals surface area contributed by atoms with Crippen molar-refractivity contribution in [1.29, 1.82) is 0 Å². The molecule has 1 aromatic carbocycles. The van der Waals surface area contributed by atoms with E-state index in [1.165, 1.54) is 0 Å². The fourth-order valence-electron chi connectivity index (χ4n) is 2.02. The summed E-state index contributed by atoms with van der Waals surface area (Å²) in [6, 6.07) is 8.90. The van der Waals surface area contributed by atoms with E-state index in [2.05, 4.69) is 16.5 Å². The molecule has 0 aliphatic carbocycles. The highest BCUT2D eigenvalue weighted by atomic mass is 16.7. The van der Waals surface area contributed by atoms with E-state index in [4.69, 9.17) is 4.84 Å². The van der Waals surface area contributed by atoms with Crippen LogP contribution in [0.2, 0.25) is 0 Å². The number of carbonyl (C=O) groups excluding carboxylic acids is 1. The molecule has 0 fully saturated rings. The van der Waals surface area contributed by atoms with Gasteiger partial charge >= 0.3 is 5.97 Å². The maximum atomic E-state index is 12.0. The molecule has 0 bridgehead atoms. The molecule has 1 aliphatic rings. The zero-order chi connectivity index (χ0) is 13.9. The smallest absolute Gasteiger partial charge is 0.357 e. The zero-order valence-corrected chi connectivity index (χ0v) is 10.8. The van der Waals surface area contributed by atoms with E-state index < -0.39 is 0 Å². The second-order valence-electron chi connectivity index (χ2n) is 4.44. The largest absolute Gasteiger partial charge is 0.363 e. The molecular formula is C15H13N3O2. The summed E-state index contributed by atoms with van der Waals surface area (Å²) in [7, 11) is 0. The van der Waals surface area contributed by atoms with Crippen molar-refractivity contribution in [3.8, 4) is 0 Å². The Morgan fingerprint density at radius 1 is 1.25 bits per heavy atom. The summed E-state index contributed by atoms with van der Waals surface area (Å²) < 4.78 is 0. The van der Waals surface area contributed by atoms with Crippen LogP contribution in [-0.4, -0.2) is 21.0 Å². The number of aromatic nitrogens is 2. The number of benzene rings is 1. The average Bonchev–Trinajstić information content (AvgIpc) is 2.89. The highest BCUT2D eigenvalue weighted by molar-refractivity contribution is 5.89. The Morgan fingerprint density at radius 2 is 2.00 bits per heavy atom. The van der Waals surface area contributed by atoms with Crippen molar-refractivity contribution in [2.24, 2.45) is 0 Å². The van der Waals surface area contributed by atoms with Crippen molar-refractivity contribution in [2.75, 3.05) is 0 Å². The lowest BCUT2D eigenvalue weighted by atomic mass is 10.2. The van der Waals surface area contributed by atoms with Crippen molar-refractivity contribution in [2.45, 2.75) is 13.1 Å². The van der Waals surface area contributed by atoms with E-state index in [0.29, 0.717) is 18.7 Å². The molecule has 5 heteroatoms. The van der Waals surface area contributed by atoms with E-state index in [0.717, 1.165) is 17.1 Å². The van der Waals surface area contributed by atoms with Crippen molar-refractivity contribution in [1.82, 2.24) is 15.0 Å². The fourth-order valence-corrected chi connectivity index (χ4v) is 2.02. The quantitative estimate of drug-likeness (QED) is 0.853. The van der Waals surface area contributed by atoms with Crippen LogP contribution in [0.1, 0.15) is 27.4 Å². The molecule has 0 atom stereocenters. The molecule has 1 aromatic heterocycles. The normalized spacial score (nSPS) is 13.8. The van der Waals surface area contributed by atoms with Crippen LogP contribution in [0.15, 0.2) is 43.1 Å². The van der Waals surface area contributed by atoms with Gasteiger partial charge in [0.15, 0.2) is 0 Å². The van der Waals surface area contributed by atoms with Gasteiger partial charge in [-0.15, -0.1) is 5.06 Å². The van der Waals surface area contributed by atoms with Crippen molar-refractivity contribution < 1.29 is 9.63 Å². The van der Waals surface area contributed by atoms with E-state index in [1.54, 1.807) is 41.6 Å². The standard InChI is InChI=1S/C15H13N3O2/c1-2-12-8-16-13-9-18(10-14(13)17-12)20-15(19)11-6-4-3-5-7-11/h2-8H,1,9-10H2. The first-order chi connectivity index (χ1) is 9.76. The Balaban J connectivity index is 1.70. The highest BCUT2D eigenvalue weighted by Gasteiger charge is 2.25. The number of hydrogen-bond acceptors (Lipinski definition) is 5. The SMILES string of the molecule is C=Cc1cnc2c(n1)CN(OC(=O)c1ccccc1)C2. The fraction of sp³-hybridized carbons (Fsp3) is 0.133. The minimum Gasteiger partial charge on any atom is -0.363 e. The first kappa shape index (κ1) is 12.5. The molecule has 1 aliphatic heterocycles. The molecule has 0 saturated carbocycles. The van der Waals surface area contributed by atoms with Crippen LogP contribution in [0.25, 0.3) is 6.08 Å². The third-order valence-electron chi connectivity index (χ3n) is 3.03. The van der Waals surface area contributed by atoms with Crippen LogP contribution in [-0.2, 0) is 17.9 Å². The molecule has 20 heavy (non-hydrogen) atoms. The van der Waals surface area contributed by atoms with Gasteiger partial charge in [-0.1, -0.05) is 24.8 Å². The summed E-state index contributed by atoms with van der Waals surface area (Å²) in [6.45, 7) is 4.57. The molecule has 0 radical (unpaired) electrons. The second-order valence-corrected chi connectivity index (χ2v) is 4.44. The number of nitrogens with zero attached hydrogens (tertiary/aromatic N) is 3. The molecule has 0 unspecified atom stereocenters. The number of carbonyl (C=O) groups is 1. The van der Waals surface area contributed by atoms with E-state index >= 15 is 0 Å². The zero-order valence-electron chi connectivity index (χ0n) is 10.8. The van der Waals surface area contributed by atoms with Crippen LogP contribution in [0.4, 0.5) is 0 Å². The molecule has 0 saturated heterocycles. The second kappa shape index (κ2) is 5.22. The van der Waals surface area contributed by atoms with E-state index in [-0.39, 0.29) is 5.97 Å². The lowest BCUT2D eigenvalue weighted by Gasteiger charge is -2.13. The maximum absolute atomic E-state index is 12.0. The summed E-state index contributed by atoms with van der Waals surface area (Å²) >= 11 is 0. The highest BCUT2D eigenvalue weighted by Crippen LogP contribution is 2.20. The third-order valence-corrected chi connectivity index (χ3v) is 3.03. The minimum absolute atomic E-state index is 0.373. The van der Waals surface area contributed by atoms with Gasteiger partial charge in [0.1, 0.15) is 0 Å². The van der Waals surface area contributed by atoms with Crippen LogP contribution in [0.5, 0.6) is 0 Å². The average molecular weight is 267 g/mol. The van der Waals surface area contributed by atoms with Gasteiger partial charge in [-0.3, -0.25) is 4.98 Å². The summed E-state index contributed by atoms with van der Waals surface area (Å²) in [5.74, 6) is -0.373. The molecule has 0 N–H and O–H groups in total. The van der Waals surface area contributed by atoms with Crippen LogP contribution >= 0.6 is 0 Å². The topological polar surface area (TPSA) is 55.3 Å². The summed E-state index contributed by atoms with van der Waals surface area (Å²) in [5, 5.41) is 1.56. The van der Waals surface area contributed by atoms with Gasteiger partial charge in [-0.25, -0.2) is 9.78 Å². The molecule has 100 valence electrons. The van der Waals surface area contributed by atoms with E-state index in [9.17, 15) is 4.79 Å². The Labute approximate surface area is 116 Å². The lowest BCUT2D eigenvalue weighted by Crippen LogP contribution is -2.22. The van der Waals surface area contributed by atoms with Crippen molar-refractivity contribution in [3.63, 3.8) is 0 Å². The lowest BCUT2D eigenvalue weighted by molar-refractivity contribution is -0.115. The minimum atomic E-state index is -0.373. The van der Waals surface area contributed by atoms with Crippen LogP contribution < -0.4 is 0 Å². The third kappa shape index (κ3) is 2.44. The van der Waals surface area contributed by atoms with Gasteiger partial charge in [-0.2, -0.15) is 0 Å². The Hall–Kier alpha value is -2.53. The first-order valence-corrected chi connectivity index (χ1v) is 6.26. The number of hydroxylamine groups is 2. The summed E-state index contributed by atoms with van der Waals surface area (Å²) in [5.41, 5.74) is 2.90. The molecule has 0 spiro atoms. The molecule has 5 nitrogen and oxygen atoms in total. The summed E-state index contributed by atoms with van der Waals surface area (Å²) in [4.78, 5) is 26.0. The monoisotopic (exact) mass is 267 g/mol. The molecule has 0 amide bonds. The Kier molecular flexibility index (Phi) is 3.26. The number of fused-ring (bicyclic) bond motifs is 1. The van der Waals surface area contributed by atoms with Gasteiger partial charge < -0.3 is 4.84 Å². The van der Waals surface area contributed by atoms with Gasteiger partial charge in [-0.05, 0) is 18.2 Å². The first-order valence-electron chi connectivity index (χ1n) is 6.26. The van der Waals surface area contributed by atoms with Gasteiger partial charge in [0.2, 0.25) is 0 Å². The van der Waals surface area contributed by atoms with Crippen molar-refractivity contribution in [3.05, 3.63) is 65.8 Å². The van der Waals surface area contributed by atoms with Crippen LogP contribution in [0.3, 0.4) is 0 Å². The Bertz CT molecular complexity index is 655. The Morgan fingerprint density at radius 3 is 2.75 bits per heavy atom. The molecule has 2 heterocycles. The number of rotatable bonds is 3. The van der Waals surface area contributed by atoms with Crippen molar-refractivity contribution >= 4 is 12.0 Å². The predicted octanol–water partition coefficient (Wildman–Crippen LogP) is 2.21. The molecule has 3 rings (SSSR count). The maximum Gasteiger partial charge on any atom is 0.357 e. The summed E-state index contributed by atoms with van der Waals surface area (Å²) in [6.07, 6.45) is 3.31. The molecular weight excluding hydrogens is 254 g/mol. The molecule has 2 aromatic rings. The van der Waals surface area contributed by atoms with Gasteiger partial charge in [0.25, 0.3) is 0 Å². The number of hydrogen-bond donors (Lipinski definition) is 0. The predicted molar refractivity (Wildman–Crippen MR) is 73.2 cm³/mol.